The lowest BCUT2D eigenvalue weighted by Crippen LogP contribution is -2.29. The van der Waals surface area contributed by atoms with Crippen LogP contribution in [0.2, 0.25) is 0 Å². The molecule has 2 atom stereocenters. The van der Waals surface area contributed by atoms with Crippen molar-refractivity contribution in [1.29, 1.82) is 0 Å². The molecule has 2 aliphatic rings. The van der Waals surface area contributed by atoms with E-state index >= 15 is 0 Å². The highest BCUT2D eigenvalue weighted by atomic mass is 32.2. The summed E-state index contributed by atoms with van der Waals surface area (Å²) in [5.41, 5.74) is 0.827. The van der Waals surface area contributed by atoms with Crippen LogP contribution in [-0.2, 0) is 10.0 Å². The van der Waals surface area contributed by atoms with Gasteiger partial charge in [-0.3, -0.25) is 0 Å². The van der Waals surface area contributed by atoms with Crippen LogP contribution in [-0.4, -0.2) is 35.8 Å². The van der Waals surface area contributed by atoms with Gasteiger partial charge in [0.05, 0.1) is 15.9 Å². The minimum absolute atomic E-state index is 0.255. The second kappa shape index (κ2) is 4.45. The Balaban J connectivity index is 1.71. The molecule has 1 saturated carbocycles. The molecule has 0 radical (unpaired) electrons. The molecular weight excluding hydrogens is 290 g/mol. The fourth-order valence-electron chi connectivity index (χ4n) is 3.71. The summed E-state index contributed by atoms with van der Waals surface area (Å²) in [5, 5.41) is 0. The molecule has 0 bridgehead atoms. The van der Waals surface area contributed by atoms with Crippen molar-refractivity contribution in [1.82, 2.24) is 14.3 Å². The third-order valence-corrected chi connectivity index (χ3v) is 6.65. The van der Waals surface area contributed by atoms with E-state index in [2.05, 4.69) is 9.97 Å². The molecule has 1 aromatic carbocycles. The van der Waals surface area contributed by atoms with Gasteiger partial charge in [0.2, 0.25) is 10.0 Å². The summed E-state index contributed by atoms with van der Waals surface area (Å²) < 4.78 is 27.1. The first-order valence-corrected chi connectivity index (χ1v) is 8.70. The number of nitrogens with zero attached hydrogens (tertiary/aromatic N) is 1. The molecule has 6 nitrogen and oxygen atoms in total. The molecule has 0 amide bonds. The first kappa shape index (κ1) is 13.1. The molecular formula is C14H17N3O3S. The summed E-state index contributed by atoms with van der Waals surface area (Å²) in [7, 11) is -3.47. The molecule has 1 saturated heterocycles. The number of imidazole rings is 1. The quantitative estimate of drug-likeness (QED) is 0.876. The smallest absolute Gasteiger partial charge is 0.306 e. The molecule has 2 unspecified atom stereocenters. The van der Waals surface area contributed by atoms with Crippen LogP contribution in [0.3, 0.4) is 0 Å². The van der Waals surface area contributed by atoms with Crippen molar-refractivity contribution in [3.05, 3.63) is 28.7 Å². The third-order valence-electron chi connectivity index (χ3n) is 4.82. The van der Waals surface area contributed by atoms with E-state index in [0.717, 1.165) is 12.8 Å². The summed E-state index contributed by atoms with van der Waals surface area (Å²) in [4.78, 5) is 16.7. The predicted molar refractivity (Wildman–Crippen MR) is 78.5 cm³/mol. The van der Waals surface area contributed by atoms with Crippen LogP contribution in [0.4, 0.5) is 0 Å². The topological polar surface area (TPSA) is 86.0 Å². The number of hydrogen-bond donors (Lipinski definition) is 2. The molecule has 2 heterocycles. The van der Waals surface area contributed by atoms with Crippen LogP contribution < -0.4 is 5.69 Å². The maximum Gasteiger partial charge on any atom is 0.323 e. The third kappa shape index (κ3) is 2.03. The average Bonchev–Trinajstić information content (AvgIpc) is 3.09. The zero-order valence-corrected chi connectivity index (χ0v) is 12.3. The highest BCUT2D eigenvalue weighted by molar-refractivity contribution is 7.89. The first-order chi connectivity index (χ1) is 10.0. The number of fused-ring (bicyclic) bond motifs is 2. The van der Waals surface area contributed by atoms with E-state index in [9.17, 15) is 13.2 Å². The van der Waals surface area contributed by atoms with E-state index in [4.69, 9.17) is 0 Å². The van der Waals surface area contributed by atoms with Crippen molar-refractivity contribution < 1.29 is 8.42 Å². The van der Waals surface area contributed by atoms with Crippen molar-refractivity contribution in [3.63, 3.8) is 0 Å². The van der Waals surface area contributed by atoms with Gasteiger partial charge >= 0.3 is 5.69 Å². The van der Waals surface area contributed by atoms with Crippen LogP contribution in [0.25, 0.3) is 11.0 Å². The molecule has 112 valence electrons. The van der Waals surface area contributed by atoms with Gasteiger partial charge in [0.15, 0.2) is 0 Å². The van der Waals surface area contributed by atoms with E-state index in [1.807, 2.05) is 0 Å². The Labute approximate surface area is 122 Å². The van der Waals surface area contributed by atoms with E-state index in [0.29, 0.717) is 36.0 Å². The van der Waals surface area contributed by atoms with E-state index in [1.54, 1.807) is 16.4 Å². The SMILES string of the molecule is O=c1[nH]c2ccc(S(=O)(=O)N3CC4CCCC4C3)cc2[nH]1. The number of aromatic amines is 2. The summed E-state index contributed by atoms with van der Waals surface area (Å²) in [6.07, 6.45) is 3.50. The minimum atomic E-state index is -3.47. The normalized spacial score (nSPS) is 26.5. The molecule has 2 aromatic rings. The summed E-state index contributed by atoms with van der Waals surface area (Å²) in [6, 6.07) is 4.74. The lowest BCUT2D eigenvalue weighted by molar-refractivity contribution is 0.445. The van der Waals surface area contributed by atoms with Gasteiger partial charge in [-0.15, -0.1) is 0 Å². The summed E-state index contributed by atoms with van der Waals surface area (Å²) in [6.45, 7) is 1.27. The van der Waals surface area contributed by atoms with Crippen LogP contribution in [0.15, 0.2) is 27.9 Å². The van der Waals surface area contributed by atoms with Crippen molar-refractivity contribution in [2.24, 2.45) is 11.8 Å². The van der Waals surface area contributed by atoms with Crippen molar-refractivity contribution in [2.45, 2.75) is 24.2 Å². The Morgan fingerprint density at radius 1 is 1.05 bits per heavy atom. The fourth-order valence-corrected chi connectivity index (χ4v) is 5.29. The lowest BCUT2D eigenvalue weighted by atomic mass is 10.0. The van der Waals surface area contributed by atoms with Crippen LogP contribution in [0.5, 0.6) is 0 Å². The van der Waals surface area contributed by atoms with Crippen LogP contribution >= 0.6 is 0 Å². The van der Waals surface area contributed by atoms with Gasteiger partial charge in [0.1, 0.15) is 0 Å². The van der Waals surface area contributed by atoms with Gasteiger partial charge in [0, 0.05) is 13.1 Å². The summed E-state index contributed by atoms with van der Waals surface area (Å²) >= 11 is 0. The number of aromatic nitrogens is 2. The number of rotatable bonds is 2. The molecule has 1 aromatic heterocycles. The second-order valence-corrected chi connectivity index (χ2v) is 8.00. The number of benzene rings is 1. The molecule has 2 N–H and O–H groups in total. The van der Waals surface area contributed by atoms with Gasteiger partial charge in [0.25, 0.3) is 0 Å². The van der Waals surface area contributed by atoms with Crippen molar-refractivity contribution in [2.75, 3.05) is 13.1 Å². The number of nitrogens with one attached hydrogen (secondary N) is 2. The molecule has 4 rings (SSSR count). The first-order valence-electron chi connectivity index (χ1n) is 7.26. The predicted octanol–water partition coefficient (Wildman–Crippen LogP) is 1.28. The number of H-pyrrole nitrogens is 2. The lowest BCUT2D eigenvalue weighted by Gasteiger charge is -2.17. The zero-order valence-electron chi connectivity index (χ0n) is 11.5. The molecule has 1 aliphatic carbocycles. The second-order valence-electron chi connectivity index (χ2n) is 6.06. The molecule has 2 fully saturated rings. The monoisotopic (exact) mass is 307 g/mol. The average molecular weight is 307 g/mol. The molecule has 1 aliphatic heterocycles. The van der Waals surface area contributed by atoms with Crippen LogP contribution in [0, 0.1) is 11.8 Å². The molecule has 7 heteroatoms. The Hall–Kier alpha value is -1.60. The van der Waals surface area contributed by atoms with Crippen LogP contribution in [0.1, 0.15) is 19.3 Å². The van der Waals surface area contributed by atoms with E-state index < -0.39 is 10.0 Å². The Morgan fingerprint density at radius 3 is 2.43 bits per heavy atom. The maximum atomic E-state index is 12.7. The van der Waals surface area contributed by atoms with E-state index in [1.165, 1.54) is 12.5 Å². The highest BCUT2D eigenvalue weighted by Gasteiger charge is 2.41. The Morgan fingerprint density at radius 2 is 1.71 bits per heavy atom. The van der Waals surface area contributed by atoms with Gasteiger partial charge in [-0.2, -0.15) is 4.31 Å². The maximum absolute atomic E-state index is 12.7. The number of sulfonamides is 1. The zero-order chi connectivity index (χ0) is 14.6. The standard InChI is InChI=1S/C14H17N3O3S/c18-14-15-12-5-4-11(6-13(12)16-14)21(19,20)17-7-9-2-1-3-10(9)8-17/h4-6,9-10H,1-3,7-8H2,(H2,15,16,18). The summed E-state index contributed by atoms with van der Waals surface area (Å²) in [5.74, 6) is 1.05. The molecule has 21 heavy (non-hydrogen) atoms. The van der Waals surface area contributed by atoms with Crippen molar-refractivity contribution >= 4 is 21.1 Å². The van der Waals surface area contributed by atoms with Gasteiger partial charge < -0.3 is 9.97 Å². The number of hydrogen-bond acceptors (Lipinski definition) is 3. The van der Waals surface area contributed by atoms with Gasteiger partial charge in [-0.1, -0.05) is 6.42 Å². The largest absolute Gasteiger partial charge is 0.323 e. The van der Waals surface area contributed by atoms with E-state index in [-0.39, 0.29) is 10.6 Å². The van der Waals surface area contributed by atoms with Gasteiger partial charge in [-0.25, -0.2) is 13.2 Å². The van der Waals surface area contributed by atoms with Gasteiger partial charge in [-0.05, 0) is 42.9 Å². The Kier molecular flexibility index (Phi) is 2.77. The highest BCUT2D eigenvalue weighted by Crippen LogP contribution is 2.39. The minimum Gasteiger partial charge on any atom is -0.306 e. The fraction of sp³-hybridized carbons (Fsp3) is 0.500. The van der Waals surface area contributed by atoms with Crippen molar-refractivity contribution in [3.8, 4) is 0 Å². The Bertz CT molecular complexity index is 840. The molecule has 0 spiro atoms.